The number of hydrogen-bond donors (Lipinski definition) is 0. The molecule has 1 aliphatic rings. The number of halogens is 5. The summed E-state index contributed by atoms with van der Waals surface area (Å²) >= 11 is 5.15. The van der Waals surface area contributed by atoms with Crippen molar-refractivity contribution in [3.05, 3.63) is 33.9 Å². The first-order chi connectivity index (χ1) is 8.94. The third-order valence-electron chi connectivity index (χ3n) is 3.37. The van der Waals surface area contributed by atoms with Crippen LogP contribution in [0.4, 0.5) is 17.6 Å². The van der Waals surface area contributed by atoms with Gasteiger partial charge in [0, 0.05) is 0 Å². The Balaban J connectivity index is 2.78. The van der Waals surface area contributed by atoms with Crippen molar-refractivity contribution < 1.29 is 22.4 Å². The van der Waals surface area contributed by atoms with E-state index in [1.807, 2.05) is 0 Å². The lowest BCUT2D eigenvalue weighted by atomic mass is 9.87. The second kappa shape index (κ2) is 4.94. The average Bonchev–Trinajstić information content (AvgIpc) is 2.84. The third kappa shape index (κ3) is 2.05. The van der Waals surface area contributed by atoms with E-state index < -0.39 is 39.4 Å². The van der Waals surface area contributed by atoms with E-state index in [4.69, 9.17) is 11.6 Å². The SMILES string of the molecule is O=C=NC1(c2c(F)c(F)c(Cl)c(F)c2F)CCCC1. The van der Waals surface area contributed by atoms with E-state index in [0.717, 1.165) is 0 Å². The van der Waals surface area contributed by atoms with Crippen molar-refractivity contribution in [3.8, 4) is 0 Å². The van der Waals surface area contributed by atoms with Gasteiger partial charge in [-0.2, -0.15) is 4.99 Å². The molecule has 2 nitrogen and oxygen atoms in total. The number of hydrogen-bond acceptors (Lipinski definition) is 2. The lowest BCUT2D eigenvalue weighted by Gasteiger charge is -2.24. The summed E-state index contributed by atoms with van der Waals surface area (Å²) in [6, 6.07) is 0. The molecule has 102 valence electrons. The zero-order valence-electron chi connectivity index (χ0n) is 9.57. The molecule has 0 N–H and O–H groups in total. The molecule has 0 unspecified atom stereocenters. The molecule has 0 amide bonds. The molecule has 2 rings (SSSR count). The van der Waals surface area contributed by atoms with Crippen molar-refractivity contribution in [3.63, 3.8) is 0 Å². The van der Waals surface area contributed by atoms with Crippen LogP contribution in [0.3, 0.4) is 0 Å². The van der Waals surface area contributed by atoms with Gasteiger partial charge in [-0.15, -0.1) is 0 Å². The van der Waals surface area contributed by atoms with E-state index >= 15 is 0 Å². The van der Waals surface area contributed by atoms with E-state index in [0.29, 0.717) is 12.8 Å². The fourth-order valence-corrected chi connectivity index (χ4v) is 2.64. The molecule has 0 atom stereocenters. The summed E-state index contributed by atoms with van der Waals surface area (Å²) in [6.07, 6.45) is 2.54. The molecule has 0 aliphatic heterocycles. The van der Waals surface area contributed by atoms with Gasteiger partial charge in [0.2, 0.25) is 6.08 Å². The Bertz CT molecular complexity index is 549. The van der Waals surface area contributed by atoms with E-state index in [1.165, 1.54) is 6.08 Å². The fraction of sp³-hybridized carbons (Fsp3) is 0.417. The third-order valence-corrected chi connectivity index (χ3v) is 3.70. The summed E-state index contributed by atoms with van der Waals surface area (Å²) in [6.45, 7) is 0. The van der Waals surface area contributed by atoms with Gasteiger partial charge in [0.1, 0.15) is 10.6 Å². The first-order valence-corrected chi connectivity index (χ1v) is 5.93. The molecule has 1 saturated carbocycles. The number of isocyanates is 1. The van der Waals surface area contributed by atoms with Gasteiger partial charge in [-0.25, -0.2) is 22.4 Å². The van der Waals surface area contributed by atoms with Gasteiger partial charge in [0.15, 0.2) is 23.3 Å². The van der Waals surface area contributed by atoms with E-state index in [2.05, 4.69) is 4.99 Å². The lowest BCUT2D eigenvalue weighted by molar-refractivity contribution is 0.368. The first-order valence-electron chi connectivity index (χ1n) is 5.55. The highest BCUT2D eigenvalue weighted by Gasteiger charge is 2.43. The lowest BCUT2D eigenvalue weighted by Crippen LogP contribution is -2.24. The van der Waals surface area contributed by atoms with Crippen LogP contribution in [0.25, 0.3) is 0 Å². The van der Waals surface area contributed by atoms with Crippen LogP contribution in [0.15, 0.2) is 4.99 Å². The summed E-state index contributed by atoms with van der Waals surface area (Å²) in [5.41, 5.74) is -2.48. The number of aliphatic imine (C=N–C) groups is 1. The summed E-state index contributed by atoms with van der Waals surface area (Å²) in [4.78, 5) is 13.8. The van der Waals surface area contributed by atoms with Gasteiger partial charge >= 0.3 is 0 Å². The Morgan fingerprint density at radius 2 is 1.47 bits per heavy atom. The Morgan fingerprint density at radius 1 is 1.00 bits per heavy atom. The molecular weight excluding hydrogens is 286 g/mol. The minimum atomic E-state index is -1.68. The van der Waals surface area contributed by atoms with Gasteiger partial charge in [0.05, 0.1) is 5.56 Å². The number of nitrogens with zero attached hydrogens (tertiary/aromatic N) is 1. The summed E-state index contributed by atoms with van der Waals surface area (Å²) < 4.78 is 54.6. The predicted octanol–water partition coefficient (Wildman–Crippen LogP) is 4.00. The van der Waals surface area contributed by atoms with Crippen LogP contribution in [0.5, 0.6) is 0 Å². The quantitative estimate of drug-likeness (QED) is 0.266. The highest BCUT2D eigenvalue weighted by molar-refractivity contribution is 6.30. The minimum absolute atomic E-state index is 0.122. The number of rotatable bonds is 2. The Labute approximate surface area is 111 Å². The second-order valence-corrected chi connectivity index (χ2v) is 4.76. The largest absolute Gasteiger partial charge is 0.235 e. The zero-order chi connectivity index (χ0) is 14.2. The van der Waals surface area contributed by atoms with Crippen LogP contribution in [-0.4, -0.2) is 6.08 Å². The molecule has 7 heteroatoms. The second-order valence-electron chi connectivity index (χ2n) is 4.39. The fourth-order valence-electron chi connectivity index (χ4n) is 2.48. The molecule has 0 aromatic heterocycles. The Hall–Kier alpha value is -1.39. The molecule has 0 radical (unpaired) electrons. The van der Waals surface area contributed by atoms with E-state index in [1.54, 1.807) is 0 Å². The van der Waals surface area contributed by atoms with Gasteiger partial charge < -0.3 is 0 Å². The van der Waals surface area contributed by atoms with Crippen molar-refractivity contribution >= 4 is 17.7 Å². The van der Waals surface area contributed by atoms with Crippen LogP contribution in [0.2, 0.25) is 5.02 Å². The van der Waals surface area contributed by atoms with Crippen LogP contribution in [-0.2, 0) is 10.3 Å². The van der Waals surface area contributed by atoms with E-state index in [9.17, 15) is 22.4 Å². The van der Waals surface area contributed by atoms with Crippen molar-refractivity contribution in [2.75, 3.05) is 0 Å². The highest BCUT2D eigenvalue weighted by atomic mass is 35.5. The standard InChI is InChI=1S/C12H8ClF4NO/c13-7-10(16)8(14)6(9(15)11(7)17)12(18-5-19)3-1-2-4-12/h1-4H2. The first kappa shape index (κ1) is 14.0. The van der Waals surface area contributed by atoms with Crippen LogP contribution in [0.1, 0.15) is 31.2 Å². The summed E-state index contributed by atoms with van der Waals surface area (Å²) in [7, 11) is 0. The van der Waals surface area contributed by atoms with Gasteiger partial charge in [-0.1, -0.05) is 24.4 Å². The Kier molecular flexibility index (Phi) is 3.65. The minimum Gasteiger partial charge on any atom is -0.211 e. The predicted molar refractivity (Wildman–Crippen MR) is 59.6 cm³/mol. The molecular formula is C12H8ClF4NO. The van der Waals surface area contributed by atoms with Gasteiger partial charge in [-0.05, 0) is 12.8 Å². The summed E-state index contributed by atoms with van der Waals surface area (Å²) in [5.74, 6) is -6.57. The van der Waals surface area contributed by atoms with Crippen molar-refractivity contribution in [1.29, 1.82) is 0 Å². The van der Waals surface area contributed by atoms with Crippen molar-refractivity contribution in [1.82, 2.24) is 0 Å². The number of carbonyl (C=O) groups excluding carboxylic acids is 1. The average molecular weight is 294 g/mol. The molecule has 1 fully saturated rings. The Morgan fingerprint density at radius 3 is 1.89 bits per heavy atom. The van der Waals surface area contributed by atoms with Crippen molar-refractivity contribution in [2.24, 2.45) is 4.99 Å². The van der Waals surface area contributed by atoms with Crippen LogP contribution in [0, 0.1) is 23.3 Å². The normalized spacial score (nSPS) is 17.3. The molecule has 0 spiro atoms. The molecule has 1 aromatic carbocycles. The maximum Gasteiger partial charge on any atom is 0.235 e. The topological polar surface area (TPSA) is 29.4 Å². The molecule has 0 heterocycles. The highest BCUT2D eigenvalue weighted by Crippen LogP contribution is 2.46. The van der Waals surface area contributed by atoms with Crippen LogP contribution < -0.4 is 0 Å². The molecule has 0 bridgehead atoms. The van der Waals surface area contributed by atoms with Crippen LogP contribution >= 0.6 is 11.6 Å². The molecule has 19 heavy (non-hydrogen) atoms. The molecule has 1 aromatic rings. The maximum atomic E-state index is 13.9. The number of benzene rings is 1. The molecule has 0 saturated heterocycles. The smallest absolute Gasteiger partial charge is 0.211 e. The maximum absolute atomic E-state index is 13.9. The summed E-state index contributed by atoms with van der Waals surface area (Å²) in [5, 5.41) is -1.25. The van der Waals surface area contributed by atoms with Gasteiger partial charge in [0.25, 0.3) is 0 Å². The zero-order valence-corrected chi connectivity index (χ0v) is 10.3. The molecule has 1 aliphatic carbocycles. The van der Waals surface area contributed by atoms with E-state index in [-0.39, 0.29) is 12.8 Å². The monoisotopic (exact) mass is 293 g/mol. The van der Waals surface area contributed by atoms with Gasteiger partial charge in [-0.3, -0.25) is 0 Å². The van der Waals surface area contributed by atoms with Crippen molar-refractivity contribution in [2.45, 2.75) is 31.2 Å².